The van der Waals surface area contributed by atoms with E-state index in [1.807, 2.05) is 69.3 Å². The second kappa shape index (κ2) is 23.0. The molecule has 7 rings (SSSR count). The van der Waals surface area contributed by atoms with E-state index in [1.54, 1.807) is 25.1 Å². The molecule has 2 aliphatic heterocycles. The smallest absolute Gasteiger partial charge is 0.330 e. The lowest BCUT2D eigenvalue weighted by Gasteiger charge is -2.47. The van der Waals surface area contributed by atoms with Gasteiger partial charge in [0.05, 0.1) is 48.9 Å². The molecular formula is C48H63N11O9. The molecule has 364 valence electrons. The van der Waals surface area contributed by atoms with Crippen LogP contribution in [0.3, 0.4) is 0 Å². The Morgan fingerprint density at radius 3 is 2.40 bits per heavy atom. The Morgan fingerprint density at radius 1 is 1.00 bits per heavy atom. The molecule has 0 unspecified atom stereocenters. The lowest BCUT2D eigenvalue weighted by molar-refractivity contribution is -0.133. The number of primary amides is 1. The van der Waals surface area contributed by atoms with Crippen molar-refractivity contribution in [2.45, 2.75) is 127 Å². The van der Waals surface area contributed by atoms with Gasteiger partial charge in [-0.05, 0) is 82.0 Å². The molecule has 4 aromatic rings. The molecule has 68 heavy (non-hydrogen) atoms. The van der Waals surface area contributed by atoms with Crippen molar-refractivity contribution in [1.82, 2.24) is 35.4 Å². The Morgan fingerprint density at radius 2 is 1.71 bits per heavy atom. The lowest BCUT2D eigenvalue weighted by atomic mass is 9.72. The van der Waals surface area contributed by atoms with Crippen molar-refractivity contribution in [2.75, 3.05) is 19.7 Å². The van der Waals surface area contributed by atoms with Gasteiger partial charge in [-0.2, -0.15) is 0 Å². The van der Waals surface area contributed by atoms with Crippen molar-refractivity contribution in [3.05, 3.63) is 121 Å². The molecule has 20 nitrogen and oxygen atoms in total. The van der Waals surface area contributed by atoms with Gasteiger partial charge in [0.1, 0.15) is 18.0 Å². The number of aromatic amines is 1. The van der Waals surface area contributed by atoms with Gasteiger partial charge >= 0.3 is 5.69 Å². The topological polar surface area (TPSA) is 300 Å². The number of pyridine rings is 1. The Balaban J connectivity index is 0.000000333. The number of carbonyl (C=O) groups excluding carboxylic acids is 4. The van der Waals surface area contributed by atoms with Gasteiger partial charge in [0.15, 0.2) is 0 Å². The van der Waals surface area contributed by atoms with Crippen molar-refractivity contribution < 1.29 is 34.1 Å². The van der Waals surface area contributed by atoms with E-state index in [0.717, 1.165) is 36.6 Å². The summed E-state index contributed by atoms with van der Waals surface area (Å²) in [5, 5.41) is 34.1. The molecule has 4 amide bonds. The Labute approximate surface area is 393 Å². The first kappa shape index (κ1) is 51.0. The first-order valence-electron chi connectivity index (χ1n) is 23.1. The number of hydrogen-bond donors (Lipinski definition) is 7. The van der Waals surface area contributed by atoms with Crippen LogP contribution < -0.4 is 32.9 Å². The molecule has 2 aromatic carbocycles. The fraction of sp³-hybridized carbons (Fsp3) is 0.521. The van der Waals surface area contributed by atoms with Crippen molar-refractivity contribution in [3.8, 4) is 0 Å². The van der Waals surface area contributed by atoms with Crippen LogP contribution in [0.2, 0.25) is 0 Å². The summed E-state index contributed by atoms with van der Waals surface area (Å²) in [5.41, 5.74) is 14.5. The van der Waals surface area contributed by atoms with Gasteiger partial charge < -0.3 is 36.6 Å². The molecule has 3 fully saturated rings. The highest BCUT2D eigenvalue weighted by atomic mass is 16.5. The summed E-state index contributed by atoms with van der Waals surface area (Å²) < 4.78 is 6.69. The van der Waals surface area contributed by atoms with Gasteiger partial charge in [-0.15, -0.1) is 0 Å². The molecular weight excluding hydrogens is 875 g/mol. The van der Waals surface area contributed by atoms with Crippen LogP contribution in [-0.4, -0.2) is 115 Å². The predicted octanol–water partition coefficient (Wildman–Crippen LogP) is 2.90. The quantitative estimate of drug-likeness (QED) is 0.0517. The van der Waals surface area contributed by atoms with Crippen molar-refractivity contribution in [1.29, 1.82) is 0 Å². The average molecular weight is 938 g/mol. The minimum absolute atomic E-state index is 0.0566. The summed E-state index contributed by atoms with van der Waals surface area (Å²) in [7, 11) is 0. The van der Waals surface area contributed by atoms with E-state index >= 15 is 0 Å². The maximum Gasteiger partial charge on any atom is 0.330 e. The van der Waals surface area contributed by atoms with Crippen LogP contribution in [0.4, 0.5) is 0 Å². The van der Waals surface area contributed by atoms with Crippen LogP contribution in [0.25, 0.3) is 21.3 Å². The standard InChI is InChI=1S/C38H50N6O5.C10H13N5O4/c1-38(2,3)43-37(49)32-20-26-14-7-8-15-27(26)22-44(32)23-33(45)30(19-24-11-5-4-6-12-24)41-36(48)31(21-34(39)46)42-35(47)29-18-17-25-13-9-10-16-28(25)40-29;1-5-3-15(10(18)12-9(5)17)8-2-6(13-14-11)7(4-16)19-8/h4-6,9-13,16-18,26-27,30-33,45H,7-8,14-15,19-23H2,1-3H3,(H2,39,46)(H,41,48)(H,42,47)(H,43,49);3,6-8,16H,2,4H2,1H3,(H,12,17,18)/t26-,27+,30-,31-,32-,33+;6-,7+,8+/m00/s1. The number of fused-ring (bicyclic) bond motifs is 2. The van der Waals surface area contributed by atoms with E-state index < -0.39 is 83.5 Å². The summed E-state index contributed by atoms with van der Waals surface area (Å²) in [5.74, 6) is -1.20. The first-order valence-corrected chi connectivity index (χ1v) is 23.1. The third kappa shape index (κ3) is 13.6. The Kier molecular flexibility index (Phi) is 17.3. The van der Waals surface area contributed by atoms with Gasteiger partial charge in [-0.25, -0.2) is 9.78 Å². The van der Waals surface area contributed by atoms with Crippen LogP contribution >= 0.6 is 0 Å². The largest absolute Gasteiger partial charge is 0.394 e. The molecule has 2 saturated heterocycles. The molecule has 9 atom stereocenters. The number of aromatic nitrogens is 3. The molecule has 1 saturated carbocycles. The van der Waals surface area contributed by atoms with E-state index in [4.69, 9.17) is 21.1 Å². The summed E-state index contributed by atoms with van der Waals surface area (Å²) in [4.78, 5) is 87.1. The predicted molar refractivity (Wildman–Crippen MR) is 253 cm³/mol. The number of β-amino-alcohol motifs (C(OH)–C–C–N with tert-alkyl or cyclic N) is 1. The van der Waals surface area contributed by atoms with Gasteiger partial charge in [0, 0.05) is 47.1 Å². The number of nitrogens with two attached hydrogens (primary N) is 1. The number of likely N-dealkylation sites (tertiary alicyclic amines) is 1. The van der Waals surface area contributed by atoms with Crippen LogP contribution in [0.1, 0.15) is 93.6 Å². The third-order valence-corrected chi connectivity index (χ3v) is 12.7. The highest BCUT2D eigenvalue weighted by molar-refractivity contribution is 5.99. The van der Waals surface area contributed by atoms with E-state index in [9.17, 15) is 33.9 Å². The average Bonchev–Trinajstić information content (AvgIpc) is 3.71. The molecule has 2 aromatic heterocycles. The van der Waals surface area contributed by atoms with Crippen LogP contribution in [0.15, 0.2) is 87.6 Å². The summed E-state index contributed by atoms with van der Waals surface area (Å²) >= 11 is 0. The molecule has 3 aliphatic rings. The second-order valence-electron chi connectivity index (χ2n) is 19.0. The summed E-state index contributed by atoms with van der Waals surface area (Å²) in [6.07, 6.45) is 4.36. The van der Waals surface area contributed by atoms with Crippen molar-refractivity contribution in [3.63, 3.8) is 0 Å². The highest BCUT2D eigenvalue weighted by Crippen LogP contribution is 2.39. The van der Waals surface area contributed by atoms with Crippen LogP contribution in [0.5, 0.6) is 0 Å². The Hall–Kier alpha value is -6.44. The summed E-state index contributed by atoms with van der Waals surface area (Å²) in [6.45, 7) is 7.98. The van der Waals surface area contributed by atoms with Gasteiger partial charge in [-0.1, -0.05) is 79.0 Å². The molecule has 0 bridgehead atoms. The normalized spacial score (nSPS) is 22.8. The zero-order valence-corrected chi connectivity index (χ0v) is 38.9. The number of azide groups is 1. The molecule has 20 heteroatoms. The fourth-order valence-corrected chi connectivity index (χ4v) is 9.30. The second-order valence-corrected chi connectivity index (χ2v) is 19.0. The monoisotopic (exact) mass is 937 g/mol. The number of benzene rings is 2. The number of aryl methyl sites for hydroxylation is 1. The van der Waals surface area contributed by atoms with Gasteiger partial charge in [0.2, 0.25) is 17.7 Å². The molecule has 0 spiro atoms. The number of piperidine rings is 1. The summed E-state index contributed by atoms with van der Waals surface area (Å²) in [6, 6.07) is 17.1. The van der Waals surface area contributed by atoms with E-state index in [2.05, 4.69) is 40.8 Å². The third-order valence-electron chi connectivity index (χ3n) is 12.7. The molecule has 0 radical (unpaired) electrons. The van der Waals surface area contributed by atoms with Crippen LogP contribution in [-0.2, 0) is 25.5 Å². The minimum Gasteiger partial charge on any atom is -0.394 e. The number of aliphatic hydroxyl groups is 2. The molecule has 4 heterocycles. The lowest BCUT2D eigenvalue weighted by Crippen LogP contribution is -2.61. The number of amides is 4. The zero-order valence-electron chi connectivity index (χ0n) is 38.9. The maximum absolute atomic E-state index is 13.8. The Bertz CT molecular complexity index is 2580. The van der Waals surface area contributed by atoms with Gasteiger partial charge in [-0.3, -0.25) is 38.4 Å². The number of aliphatic hydroxyl groups excluding tert-OH is 2. The van der Waals surface area contributed by atoms with Crippen molar-refractivity contribution >= 4 is 34.5 Å². The maximum atomic E-state index is 13.8. The molecule has 1 aliphatic carbocycles. The van der Waals surface area contributed by atoms with E-state index in [0.29, 0.717) is 29.5 Å². The number of H-pyrrole nitrogens is 1. The van der Waals surface area contributed by atoms with Gasteiger partial charge in [0.25, 0.3) is 11.5 Å². The number of rotatable bonds is 15. The fourth-order valence-electron chi connectivity index (χ4n) is 9.30. The number of para-hydroxylation sites is 1. The minimum atomic E-state index is -1.30. The first-order chi connectivity index (χ1) is 32.4. The van der Waals surface area contributed by atoms with E-state index in [1.165, 1.54) is 17.2 Å². The van der Waals surface area contributed by atoms with E-state index in [-0.39, 0.29) is 37.6 Å². The number of nitrogens with zero attached hydrogens (tertiary/aromatic N) is 6. The van der Waals surface area contributed by atoms with Crippen LogP contribution in [0, 0.1) is 18.8 Å². The SMILES string of the molecule is CC(C)(C)NC(=O)[C@@H]1C[C@@H]2CCCC[C@@H]2CN1C[C@@H](O)[C@H](Cc1ccccc1)NC(=O)[C@H](CC(N)=O)NC(=O)c1ccc2ccccc2n1.Cc1cn([C@H]2C[C@H](N=[N+]=[N-])[C@@H](CO)O2)c(=O)[nH]c1=O. The highest BCUT2D eigenvalue weighted by Gasteiger charge is 2.42. The number of carbonyl (C=O) groups is 4. The zero-order chi connectivity index (χ0) is 49.1. The number of nitrogens with one attached hydrogen (secondary N) is 4. The number of hydrogen-bond acceptors (Lipinski definition) is 12. The number of ether oxygens (including phenoxy) is 1. The van der Waals surface area contributed by atoms with Crippen molar-refractivity contribution in [2.24, 2.45) is 22.7 Å². The molecule has 8 N–H and O–H groups in total.